The summed E-state index contributed by atoms with van der Waals surface area (Å²) in [6.45, 7) is 1.99. The van der Waals surface area contributed by atoms with Crippen molar-refractivity contribution in [3.8, 4) is 5.75 Å². The van der Waals surface area contributed by atoms with Crippen LogP contribution in [0.1, 0.15) is 25.0 Å². The van der Waals surface area contributed by atoms with E-state index in [0.717, 1.165) is 5.56 Å². The van der Waals surface area contributed by atoms with Gasteiger partial charge in [0.25, 0.3) is 0 Å². The Hall–Kier alpha value is -1.55. The predicted molar refractivity (Wildman–Crippen MR) is 61.3 cm³/mol. The molecule has 0 spiro atoms. The number of aliphatic hydroxyl groups is 1. The molecule has 4 heteroatoms. The van der Waals surface area contributed by atoms with Crippen LogP contribution in [0.15, 0.2) is 24.3 Å². The number of ether oxygens (including phenoxy) is 1. The average Bonchev–Trinajstić information content (AvgIpc) is 2.29. The molecule has 4 nitrogen and oxygen atoms in total. The Morgan fingerprint density at radius 1 is 1.50 bits per heavy atom. The van der Waals surface area contributed by atoms with E-state index in [9.17, 15) is 9.90 Å². The smallest absolute Gasteiger partial charge is 0.223 e. The third-order valence-electron chi connectivity index (χ3n) is 2.23. The van der Waals surface area contributed by atoms with Crippen molar-refractivity contribution in [1.29, 1.82) is 0 Å². The lowest BCUT2D eigenvalue weighted by molar-refractivity contribution is -0.121. The highest BCUT2D eigenvalue weighted by atomic mass is 16.5. The molecule has 0 aliphatic rings. The van der Waals surface area contributed by atoms with Crippen molar-refractivity contribution in [1.82, 2.24) is 5.32 Å². The Morgan fingerprint density at radius 3 is 2.81 bits per heavy atom. The fourth-order valence-corrected chi connectivity index (χ4v) is 1.34. The number of nitrogens with one attached hydrogen (secondary N) is 1. The summed E-state index contributed by atoms with van der Waals surface area (Å²) in [5, 5.41) is 12.0. The summed E-state index contributed by atoms with van der Waals surface area (Å²) in [5.41, 5.74) is 0.736. The minimum atomic E-state index is -0.573. The number of para-hydroxylation sites is 1. The van der Waals surface area contributed by atoms with Gasteiger partial charge in [-0.1, -0.05) is 18.2 Å². The van der Waals surface area contributed by atoms with Crippen LogP contribution in [0.25, 0.3) is 0 Å². The van der Waals surface area contributed by atoms with E-state index in [-0.39, 0.29) is 5.91 Å². The van der Waals surface area contributed by atoms with Gasteiger partial charge in [-0.15, -0.1) is 0 Å². The third-order valence-corrected chi connectivity index (χ3v) is 2.23. The molecule has 0 aliphatic heterocycles. The second kappa shape index (κ2) is 6.12. The molecular weight excluding hydrogens is 206 g/mol. The largest absolute Gasteiger partial charge is 0.493 e. The maximum absolute atomic E-state index is 11.0. The van der Waals surface area contributed by atoms with Crippen LogP contribution in [-0.2, 0) is 4.79 Å². The molecule has 0 aliphatic carbocycles. The van der Waals surface area contributed by atoms with Gasteiger partial charge in [0.1, 0.15) is 5.75 Å². The standard InChI is InChI=1S/C12H17NO3/c1-9(14)10-5-3-4-6-11(10)16-8-7-12(15)13-2/h3-6,9,14H,7-8H2,1-2H3,(H,13,15). The zero-order chi connectivity index (χ0) is 12.0. The maximum atomic E-state index is 11.0. The van der Waals surface area contributed by atoms with Gasteiger partial charge < -0.3 is 15.2 Å². The molecule has 88 valence electrons. The van der Waals surface area contributed by atoms with Gasteiger partial charge in [0, 0.05) is 12.6 Å². The minimum absolute atomic E-state index is 0.0606. The van der Waals surface area contributed by atoms with Gasteiger partial charge >= 0.3 is 0 Å². The van der Waals surface area contributed by atoms with Crippen molar-refractivity contribution in [3.63, 3.8) is 0 Å². The van der Waals surface area contributed by atoms with Gasteiger partial charge in [-0.05, 0) is 13.0 Å². The van der Waals surface area contributed by atoms with Gasteiger partial charge in [-0.2, -0.15) is 0 Å². The number of benzene rings is 1. The number of carbonyl (C=O) groups is 1. The monoisotopic (exact) mass is 223 g/mol. The summed E-state index contributed by atoms with van der Waals surface area (Å²) < 4.78 is 5.45. The summed E-state index contributed by atoms with van der Waals surface area (Å²) >= 11 is 0. The van der Waals surface area contributed by atoms with E-state index in [0.29, 0.717) is 18.8 Å². The molecule has 1 aromatic carbocycles. The molecule has 1 aromatic rings. The molecule has 0 aromatic heterocycles. The van der Waals surface area contributed by atoms with Crippen LogP contribution in [0.5, 0.6) is 5.75 Å². The molecule has 0 heterocycles. The highest BCUT2D eigenvalue weighted by Gasteiger charge is 2.08. The summed E-state index contributed by atoms with van der Waals surface area (Å²) in [6.07, 6.45) is -0.263. The van der Waals surface area contributed by atoms with E-state index in [1.807, 2.05) is 12.1 Å². The molecule has 0 fully saturated rings. The summed E-state index contributed by atoms with van der Waals surface area (Å²) in [7, 11) is 1.59. The second-order valence-electron chi connectivity index (χ2n) is 3.49. The Labute approximate surface area is 95.2 Å². The fraction of sp³-hybridized carbons (Fsp3) is 0.417. The first kappa shape index (κ1) is 12.5. The number of rotatable bonds is 5. The Balaban J connectivity index is 2.56. The Morgan fingerprint density at radius 2 is 2.19 bits per heavy atom. The van der Waals surface area contributed by atoms with Crippen molar-refractivity contribution >= 4 is 5.91 Å². The molecule has 0 radical (unpaired) electrons. The van der Waals surface area contributed by atoms with E-state index in [4.69, 9.17) is 4.74 Å². The number of aliphatic hydroxyl groups excluding tert-OH is 1. The Kier molecular flexibility index (Phi) is 4.79. The second-order valence-corrected chi connectivity index (χ2v) is 3.49. The van der Waals surface area contributed by atoms with Crippen LogP contribution in [0, 0.1) is 0 Å². The van der Waals surface area contributed by atoms with Crippen LogP contribution in [0.4, 0.5) is 0 Å². The first-order chi connectivity index (χ1) is 7.65. The summed E-state index contributed by atoms with van der Waals surface area (Å²) in [5.74, 6) is 0.566. The highest BCUT2D eigenvalue weighted by molar-refractivity contribution is 5.75. The molecule has 1 rings (SSSR count). The van der Waals surface area contributed by atoms with E-state index in [1.54, 1.807) is 26.1 Å². The number of hydrogen-bond acceptors (Lipinski definition) is 3. The molecule has 1 unspecified atom stereocenters. The van der Waals surface area contributed by atoms with Crippen molar-refractivity contribution in [3.05, 3.63) is 29.8 Å². The van der Waals surface area contributed by atoms with E-state index >= 15 is 0 Å². The first-order valence-electron chi connectivity index (χ1n) is 5.25. The topological polar surface area (TPSA) is 58.6 Å². The summed E-state index contributed by atoms with van der Waals surface area (Å²) in [4.78, 5) is 11.0. The normalized spacial score (nSPS) is 11.9. The minimum Gasteiger partial charge on any atom is -0.493 e. The van der Waals surface area contributed by atoms with Crippen LogP contribution >= 0.6 is 0 Å². The maximum Gasteiger partial charge on any atom is 0.223 e. The van der Waals surface area contributed by atoms with Crippen LogP contribution < -0.4 is 10.1 Å². The predicted octanol–water partition coefficient (Wildman–Crippen LogP) is 1.25. The first-order valence-corrected chi connectivity index (χ1v) is 5.25. The van der Waals surface area contributed by atoms with Crippen molar-refractivity contribution in [2.24, 2.45) is 0 Å². The van der Waals surface area contributed by atoms with Crippen molar-refractivity contribution in [2.45, 2.75) is 19.4 Å². The number of hydrogen-bond donors (Lipinski definition) is 2. The van der Waals surface area contributed by atoms with Crippen molar-refractivity contribution in [2.75, 3.05) is 13.7 Å². The van der Waals surface area contributed by atoms with Crippen LogP contribution in [0.3, 0.4) is 0 Å². The van der Waals surface area contributed by atoms with E-state index in [2.05, 4.69) is 5.32 Å². The molecule has 0 saturated heterocycles. The lowest BCUT2D eigenvalue weighted by atomic mass is 10.1. The molecule has 2 N–H and O–H groups in total. The SMILES string of the molecule is CNC(=O)CCOc1ccccc1C(C)O. The van der Waals surface area contributed by atoms with Gasteiger partial charge in [-0.3, -0.25) is 4.79 Å². The highest BCUT2D eigenvalue weighted by Crippen LogP contribution is 2.24. The van der Waals surface area contributed by atoms with Gasteiger partial charge in [-0.25, -0.2) is 0 Å². The molecule has 1 amide bonds. The zero-order valence-electron chi connectivity index (χ0n) is 9.56. The van der Waals surface area contributed by atoms with E-state index in [1.165, 1.54) is 0 Å². The molecule has 0 bridgehead atoms. The van der Waals surface area contributed by atoms with Gasteiger partial charge in [0.15, 0.2) is 0 Å². The zero-order valence-corrected chi connectivity index (χ0v) is 9.56. The fourth-order valence-electron chi connectivity index (χ4n) is 1.34. The van der Waals surface area contributed by atoms with Gasteiger partial charge in [0.05, 0.1) is 19.1 Å². The van der Waals surface area contributed by atoms with Crippen LogP contribution in [0.2, 0.25) is 0 Å². The lowest BCUT2D eigenvalue weighted by Gasteiger charge is -2.12. The number of carbonyl (C=O) groups excluding carboxylic acids is 1. The molecule has 0 saturated carbocycles. The van der Waals surface area contributed by atoms with Crippen molar-refractivity contribution < 1.29 is 14.6 Å². The van der Waals surface area contributed by atoms with Crippen LogP contribution in [-0.4, -0.2) is 24.7 Å². The molecule has 1 atom stereocenters. The Bertz CT molecular complexity index is 350. The average molecular weight is 223 g/mol. The molecular formula is C12H17NO3. The third kappa shape index (κ3) is 3.55. The van der Waals surface area contributed by atoms with Gasteiger partial charge in [0.2, 0.25) is 5.91 Å². The lowest BCUT2D eigenvalue weighted by Crippen LogP contribution is -2.20. The summed E-state index contributed by atoms with van der Waals surface area (Å²) in [6, 6.07) is 7.26. The molecule has 16 heavy (non-hydrogen) atoms. The number of amides is 1. The van der Waals surface area contributed by atoms with E-state index < -0.39 is 6.10 Å². The quantitative estimate of drug-likeness (QED) is 0.790.